The topological polar surface area (TPSA) is 52.2 Å². The minimum atomic E-state index is -0.0203. The first-order chi connectivity index (χ1) is 10.7. The monoisotopic (exact) mass is 299 g/mol. The van der Waals surface area contributed by atoms with Crippen LogP contribution in [0.2, 0.25) is 0 Å². The molecule has 1 aliphatic rings. The van der Waals surface area contributed by atoms with Gasteiger partial charge < -0.3 is 5.11 Å². The zero-order valence-electron chi connectivity index (χ0n) is 13.3. The Balaban J connectivity index is 1.70. The average molecular weight is 299 g/mol. The minimum absolute atomic E-state index is 0.0203. The summed E-state index contributed by atoms with van der Waals surface area (Å²) in [7, 11) is 0. The molecule has 1 saturated heterocycles. The highest BCUT2D eigenvalue weighted by Crippen LogP contribution is 2.34. The van der Waals surface area contributed by atoms with E-state index in [1.54, 1.807) is 0 Å². The van der Waals surface area contributed by atoms with Gasteiger partial charge in [-0.3, -0.25) is 10.00 Å². The maximum Gasteiger partial charge on any atom is 0.0521 e. The number of rotatable bonds is 5. The van der Waals surface area contributed by atoms with E-state index in [0.29, 0.717) is 0 Å². The molecule has 1 unspecified atom stereocenters. The van der Waals surface area contributed by atoms with E-state index in [1.807, 2.05) is 12.3 Å². The summed E-state index contributed by atoms with van der Waals surface area (Å²) in [4.78, 5) is 2.45. The van der Waals surface area contributed by atoms with Crippen molar-refractivity contribution in [1.82, 2.24) is 15.1 Å². The molecule has 0 amide bonds. The number of aryl methyl sites for hydroxylation is 1. The summed E-state index contributed by atoms with van der Waals surface area (Å²) in [6, 6.07) is 10.5. The number of aromatic nitrogens is 2. The number of benzene rings is 1. The van der Waals surface area contributed by atoms with E-state index in [-0.39, 0.29) is 12.0 Å². The number of hydrogen-bond acceptors (Lipinski definition) is 3. The number of hydrogen-bond donors (Lipinski definition) is 2. The van der Waals surface area contributed by atoms with Crippen molar-refractivity contribution in [3.05, 3.63) is 53.3 Å². The molecule has 2 aromatic rings. The first-order valence-electron chi connectivity index (χ1n) is 8.07. The van der Waals surface area contributed by atoms with Crippen LogP contribution in [0.15, 0.2) is 36.5 Å². The molecule has 2 N–H and O–H groups in total. The smallest absolute Gasteiger partial charge is 0.0521 e. The van der Waals surface area contributed by atoms with Gasteiger partial charge in [0.25, 0.3) is 0 Å². The highest BCUT2D eigenvalue weighted by Gasteiger charge is 2.35. The molecular formula is C18H25N3O. The molecule has 3 rings (SSSR count). The van der Waals surface area contributed by atoms with E-state index >= 15 is 0 Å². The van der Waals surface area contributed by atoms with Crippen molar-refractivity contribution < 1.29 is 5.11 Å². The van der Waals surface area contributed by atoms with Crippen molar-refractivity contribution in [3.63, 3.8) is 0 Å². The summed E-state index contributed by atoms with van der Waals surface area (Å²) in [6.45, 7) is 5.26. The fraction of sp³-hybridized carbons (Fsp3) is 0.500. The fourth-order valence-corrected chi connectivity index (χ4v) is 3.56. The van der Waals surface area contributed by atoms with Gasteiger partial charge in [0.15, 0.2) is 0 Å². The predicted molar refractivity (Wildman–Crippen MR) is 87.5 cm³/mol. The molecule has 0 saturated carbocycles. The number of aliphatic hydroxyl groups is 1. The molecule has 0 aliphatic carbocycles. The lowest BCUT2D eigenvalue weighted by Crippen LogP contribution is -2.46. The number of aliphatic hydroxyl groups excluding tert-OH is 1. The van der Waals surface area contributed by atoms with Crippen molar-refractivity contribution >= 4 is 0 Å². The van der Waals surface area contributed by atoms with E-state index in [2.05, 4.69) is 46.3 Å². The number of likely N-dealkylation sites (tertiary alicyclic amines) is 1. The molecule has 2 heterocycles. The van der Waals surface area contributed by atoms with Gasteiger partial charge in [0.1, 0.15) is 0 Å². The second kappa shape index (κ2) is 6.63. The summed E-state index contributed by atoms with van der Waals surface area (Å²) in [5, 5.41) is 17.3. The van der Waals surface area contributed by atoms with Gasteiger partial charge in [-0.15, -0.1) is 0 Å². The van der Waals surface area contributed by atoms with Crippen LogP contribution in [0.1, 0.15) is 29.7 Å². The molecule has 0 bridgehead atoms. The van der Waals surface area contributed by atoms with E-state index in [0.717, 1.165) is 38.9 Å². The quantitative estimate of drug-likeness (QED) is 0.892. The van der Waals surface area contributed by atoms with Crippen LogP contribution in [0, 0.1) is 12.3 Å². The van der Waals surface area contributed by atoms with Crippen LogP contribution < -0.4 is 0 Å². The SMILES string of the molecule is Cc1cn[nH]c1CN1CCCC(CO)(Cc2ccccc2)C1. The van der Waals surface area contributed by atoms with Crippen molar-refractivity contribution in [2.24, 2.45) is 5.41 Å². The van der Waals surface area contributed by atoms with Gasteiger partial charge in [-0.05, 0) is 43.9 Å². The Hall–Kier alpha value is -1.65. The Morgan fingerprint density at radius 1 is 1.32 bits per heavy atom. The van der Waals surface area contributed by atoms with Crippen molar-refractivity contribution in [2.75, 3.05) is 19.7 Å². The number of H-pyrrole nitrogens is 1. The molecule has 0 radical (unpaired) electrons. The average Bonchev–Trinajstić information content (AvgIpc) is 2.94. The predicted octanol–water partition coefficient (Wildman–Crippen LogP) is 2.54. The molecule has 0 spiro atoms. The number of nitrogens with one attached hydrogen (secondary N) is 1. The highest BCUT2D eigenvalue weighted by molar-refractivity contribution is 5.18. The lowest BCUT2D eigenvalue weighted by atomic mass is 9.75. The standard InChI is InChI=1S/C18H25N3O/c1-15-11-19-20-17(15)12-21-9-5-8-18(13-21,14-22)10-16-6-3-2-4-7-16/h2-4,6-7,11,22H,5,8-10,12-14H2,1H3,(H,19,20). The van der Waals surface area contributed by atoms with Gasteiger partial charge in [-0.25, -0.2) is 0 Å². The number of aromatic amines is 1. The van der Waals surface area contributed by atoms with Crippen LogP contribution in [-0.4, -0.2) is 39.9 Å². The number of nitrogens with zero attached hydrogens (tertiary/aromatic N) is 2. The van der Waals surface area contributed by atoms with Crippen LogP contribution in [0.4, 0.5) is 0 Å². The maximum absolute atomic E-state index is 10.1. The van der Waals surface area contributed by atoms with Gasteiger partial charge in [0.2, 0.25) is 0 Å². The fourth-order valence-electron chi connectivity index (χ4n) is 3.56. The van der Waals surface area contributed by atoms with E-state index in [4.69, 9.17) is 0 Å². The second-order valence-electron chi connectivity index (χ2n) is 6.67. The van der Waals surface area contributed by atoms with Gasteiger partial charge in [-0.2, -0.15) is 5.10 Å². The largest absolute Gasteiger partial charge is 0.396 e. The number of piperidine rings is 1. The van der Waals surface area contributed by atoms with E-state index < -0.39 is 0 Å². The summed E-state index contributed by atoms with van der Waals surface area (Å²) in [5.41, 5.74) is 3.70. The molecule has 4 nitrogen and oxygen atoms in total. The Labute approximate surface area is 132 Å². The van der Waals surface area contributed by atoms with Gasteiger partial charge in [-0.1, -0.05) is 30.3 Å². The van der Waals surface area contributed by atoms with Crippen LogP contribution in [-0.2, 0) is 13.0 Å². The molecule has 4 heteroatoms. The molecule has 22 heavy (non-hydrogen) atoms. The molecule has 1 atom stereocenters. The third-order valence-corrected chi connectivity index (χ3v) is 4.81. The third kappa shape index (κ3) is 3.39. The molecule has 118 valence electrons. The highest BCUT2D eigenvalue weighted by atomic mass is 16.3. The van der Waals surface area contributed by atoms with Crippen LogP contribution in [0.3, 0.4) is 0 Å². The lowest BCUT2D eigenvalue weighted by Gasteiger charge is -2.42. The lowest BCUT2D eigenvalue weighted by molar-refractivity contribution is 0.0283. The van der Waals surface area contributed by atoms with Crippen molar-refractivity contribution in [3.8, 4) is 0 Å². The molecule has 1 aromatic heterocycles. The first-order valence-corrected chi connectivity index (χ1v) is 8.07. The van der Waals surface area contributed by atoms with Crippen molar-refractivity contribution in [2.45, 2.75) is 32.7 Å². The Kier molecular flexibility index (Phi) is 4.60. The summed E-state index contributed by atoms with van der Waals surface area (Å²) < 4.78 is 0. The zero-order valence-corrected chi connectivity index (χ0v) is 13.3. The summed E-state index contributed by atoms with van der Waals surface area (Å²) in [5.74, 6) is 0. The summed E-state index contributed by atoms with van der Waals surface area (Å²) in [6.07, 6.45) is 5.06. The van der Waals surface area contributed by atoms with E-state index in [9.17, 15) is 5.11 Å². The maximum atomic E-state index is 10.1. The van der Waals surface area contributed by atoms with Crippen molar-refractivity contribution in [1.29, 1.82) is 0 Å². The Morgan fingerprint density at radius 3 is 2.82 bits per heavy atom. The minimum Gasteiger partial charge on any atom is -0.396 e. The second-order valence-corrected chi connectivity index (χ2v) is 6.67. The summed E-state index contributed by atoms with van der Waals surface area (Å²) >= 11 is 0. The van der Waals surface area contributed by atoms with E-state index in [1.165, 1.54) is 16.8 Å². The van der Waals surface area contributed by atoms with Gasteiger partial charge in [0, 0.05) is 18.5 Å². The normalized spacial score (nSPS) is 22.8. The van der Waals surface area contributed by atoms with Gasteiger partial charge >= 0.3 is 0 Å². The Bertz CT molecular complexity index is 595. The van der Waals surface area contributed by atoms with Crippen LogP contribution in [0.5, 0.6) is 0 Å². The van der Waals surface area contributed by atoms with Crippen LogP contribution in [0.25, 0.3) is 0 Å². The molecule has 1 fully saturated rings. The third-order valence-electron chi connectivity index (χ3n) is 4.81. The molecular weight excluding hydrogens is 274 g/mol. The molecule has 1 aromatic carbocycles. The van der Waals surface area contributed by atoms with Crippen LogP contribution >= 0.6 is 0 Å². The first kappa shape index (κ1) is 15.3. The Morgan fingerprint density at radius 2 is 2.14 bits per heavy atom. The zero-order chi connectivity index (χ0) is 15.4. The van der Waals surface area contributed by atoms with Gasteiger partial charge in [0.05, 0.1) is 18.5 Å². The molecule has 1 aliphatic heterocycles.